The Bertz CT molecular complexity index is 796. The number of benzene rings is 1. The minimum absolute atomic E-state index is 0.0127. The molecule has 2 amide bonds. The van der Waals surface area contributed by atoms with Crippen molar-refractivity contribution in [2.75, 3.05) is 0 Å². The van der Waals surface area contributed by atoms with E-state index in [1.807, 2.05) is 19.9 Å². The lowest BCUT2D eigenvalue weighted by Gasteiger charge is -2.09. The maximum atomic E-state index is 11.9. The van der Waals surface area contributed by atoms with E-state index in [9.17, 15) is 9.59 Å². The van der Waals surface area contributed by atoms with Crippen molar-refractivity contribution in [2.24, 2.45) is 0 Å². The number of hydrogen-bond acceptors (Lipinski definition) is 4. The van der Waals surface area contributed by atoms with Crippen molar-refractivity contribution in [3.63, 3.8) is 0 Å². The highest BCUT2D eigenvalue weighted by atomic mass is 32.1. The zero-order valence-corrected chi connectivity index (χ0v) is 14.1. The van der Waals surface area contributed by atoms with Gasteiger partial charge in [0.25, 0.3) is 5.91 Å². The van der Waals surface area contributed by atoms with Crippen LogP contribution in [0.15, 0.2) is 46.9 Å². The molecule has 2 rings (SSSR count). The zero-order chi connectivity index (χ0) is 17.5. The number of rotatable bonds is 3. The monoisotopic (exact) mass is 343 g/mol. The maximum absolute atomic E-state index is 11.9. The third kappa shape index (κ3) is 5.36. The van der Waals surface area contributed by atoms with Crippen LogP contribution in [0.25, 0.3) is 6.08 Å². The summed E-state index contributed by atoms with van der Waals surface area (Å²) in [5, 5.41) is 2.40. The van der Waals surface area contributed by atoms with Gasteiger partial charge in [-0.15, -0.1) is 0 Å². The second-order valence-electron chi connectivity index (χ2n) is 5.05. The first-order chi connectivity index (χ1) is 11.4. The van der Waals surface area contributed by atoms with Gasteiger partial charge in [0.2, 0.25) is 5.91 Å². The van der Waals surface area contributed by atoms with Crippen LogP contribution in [-0.4, -0.2) is 16.9 Å². The third-order valence-corrected chi connectivity index (χ3v) is 3.17. The highest BCUT2D eigenvalue weighted by molar-refractivity contribution is 7.80. The largest absolute Gasteiger partial charge is 0.462 e. The van der Waals surface area contributed by atoms with E-state index in [0.717, 1.165) is 11.3 Å². The maximum Gasteiger partial charge on any atom is 0.269 e. The van der Waals surface area contributed by atoms with Crippen molar-refractivity contribution >= 4 is 35.2 Å². The van der Waals surface area contributed by atoms with E-state index in [2.05, 4.69) is 16.2 Å². The molecule has 124 valence electrons. The van der Waals surface area contributed by atoms with Gasteiger partial charge < -0.3 is 4.42 Å². The first kappa shape index (κ1) is 17.4. The summed E-state index contributed by atoms with van der Waals surface area (Å²) in [6, 6.07) is 10.6. The van der Waals surface area contributed by atoms with Gasteiger partial charge in [-0.3, -0.25) is 25.8 Å². The number of nitrogens with one attached hydrogen (secondary N) is 3. The highest BCUT2D eigenvalue weighted by Gasteiger charge is 2.06. The molecule has 0 unspecified atom stereocenters. The summed E-state index contributed by atoms with van der Waals surface area (Å²) in [6.45, 7) is 3.70. The number of aryl methyl sites for hydroxylation is 2. The van der Waals surface area contributed by atoms with Crippen LogP contribution < -0.4 is 16.2 Å². The quantitative estimate of drug-likeness (QED) is 0.452. The smallest absolute Gasteiger partial charge is 0.269 e. The molecule has 0 spiro atoms. The van der Waals surface area contributed by atoms with E-state index in [0.29, 0.717) is 11.3 Å². The number of carbonyl (C=O) groups excluding carboxylic acids is 2. The molecule has 1 heterocycles. The first-order valence-electron chi connectivity index (χ1n) is 7.16. The fourth-order valence-corrected chi connectivity index (χ4v) is 2.01. The SMILES string of the molecule is Cc1cccc(C(=O)NNC(=S)NC(=O)C=Cc2ccc(C)o2)c1. The van der Waals surface area contributed by atoms with Gasteiger partial charge in [0.05, 0.1) is 0 Å². The van der Waals surface area contributed by atoms with Gasteiger partial charge in [-0.2, -0.15) is 0 Å². The first-order valence-corrected chi connectivity index (χ1v) is 7.57. The summed E-state index contributed by atoms with van der Waals surface area (Å²) in [4.78, 5) is 23.6. The van der Waals surface area contributed by atoms with Crippen LogP contribution in [0, 0.1) is 13.8 Å². The van der Waals surface area contributed by atoms with Gasteiger partial charge in [0.15, 0.2) is 5.11 Å². The molecule has 2 aromatic rings. The van der Waals surface area contributed by atoms with Crippen LogP contribution in [-0.2, 0) is 4.79 Å². The fourth-order valence-electron chi connectivity index (χ4n) is 1.86. The molecule has 3 N–H and O–H groups in total. The van der Waals surface area contributed by atoms with E-state index in [1.54, 1.807) is 30.3 Å². The molecular weight excluding hydrogens is 326 g/mol. The van der Waals surface area contributed by atoms with E-state index in [1.165, 1.54) is 12.2 Å². The average Bonchev–Trinajstić information content (AvgIpc) is 2.96. The van der Waals surface area contributed by atoms with Crippen LogP contribution in [0.4, 0.5) is 0 Å². The number of hydrogen-bond donors (Lipinski definition) is 3. The van der Waals surface area contributed by atoms with Gasteiger partial charge in [0, 0.05) is 11.6 Å². The molecule has 1 aromatic carbocycles. The van der Waals surface area contributed by atoms with Crippen LogP contribution in [0.3, 0.4) is 0 Å². The lowest BCUT2D eigenvalue weighted by molar-refractivity contribution is -0.115. The van der Waals surface area contributed by atoms with Crippen LogP contribution >= 0.6 is 12.2 Å². The topological polar surface area (TPSA) is 83.4 Å². The summed E-state index contributed by atoms with van der Waals surface area (Å²) < 4.78 is 5.30. The Balaban J connectivity index is 1.79. The van der Waals surface area contributed by atoms with Crippen molar-refractivity contribution < 1.29 is 14.0 Å². The Morgan fingerprint density at radius 2 is 1.92 bits per heavy atom. The highest BCUT2D eigenvalue weighted by Crippen LogP contribution is 2.07. The van der Waals surface area contributed by atoms with E-state index < -0.39 is 5.91 Å². The Hall–Kier alpha value is -2.93. The molecule has 24 heavy (non-hydrogen) atoms. The summed E-state index contributed by atoms with van der Waals surface area (Å²) in [5.74, 6) is 0.531. The molecular formula is C17H17N3O3S. The average molecular weight is 343 g/mol. The molecule has 0 radical (unpaired) electrons. The Morgan fingerprint density at radius 1 is 1.12 bits per heavy atom. The predicted molar refractivity (Wildman–Crippen MR) is 95.0 cm³/mol. The Morgan fingerprint density at radius 3 is 2.58 bits per heavy atom. The van der Waals surface area contributed by atoms with Crippen molar-refractivity contribution in [3.8, 4) is 0 Å². The van der Waals surface area contributed by atoms with Gasteiger partial charge in [-0.05, 0) is 56.4 Å². The van der Waals surface area contributed by atoms with E-state index in [-0.39, 0.29) is 11.0 Å². The molecule has 7 heteroatoms. The predicted octanol–water partition coefficient (Wildman–Crippen LogP) is 2.25. The summed E-state index contributed by atoms with van der Waals surface area (Å²) in [5.41, 5.74) is 6.36. The molecule has 1 aromatic heterocycles. The molecule has 0 saturated carbocycles. The fraction of sp³-hybridized carbons (Fsp3) is 0.118. The summed E-state index contributed by atoms with van der Waals surface area (Å²) >= 11 is 4.94. The second-order valence-corrected chi connectivity index (χ2v) is 5.46. The van der Waals surface area contributed by atoms with Gasteiger partial charge in [0.1, 0.15) is 11.5 Å². The standard InChI is InChI=1S/C17H17N3O3S/c1-11-4-3-5-13(10-11)16(22)19-20-17(24)18-15(21)9-8-14-7-6-12(2)23-14/h3-10H,1-2H3,(H,19,22)(H2,18,20,21,24). The van der Waals surface area contributed by atoms with Crippen molar-refractivity contribution in [1.82, 2.24) is 16.2 Å². The molecule has 6 nitrogen and oxygen atoms in total. The second kappa shape index (κ2) is 8.07. The Kier molecular flexibility index (Phi) is 5.86. The summed E-state index contributed by atoms with van der Waals surface area (Å²) in [6.07, 6.45) is 2.81. The van der Waals surface area contributed by atoms with E-state index in [4.69, 9.17) is 16.6 Å². The van der Waals surface area contributed by atoms with Crippen molar-refractivity contribution in [1.29, 1.82) is 0 Å². The number of amides is 2. The number of carbonyl (C=O) groups is 2. The van der Waals surface area contributed by atoms with Crippen LogP contribution in [0.1, 0.15) is 27.4 Å². The molecule has 0 aliphatic heterocycles. The Labute approximate surface area is 144 Å². The molecule has 0 saturated heterocycles. The minimum atomic E-state index is -0.439. The molecule has 0 fully saturated rings. The molecule has 0 aliphatic carbocycles. The lowest BCUT2D eigenvalue weighted by atomic mass is 10.1. The molecule has 0 aliphatic rings. The zero-order valence-electron chi connectivity index (χ0n) is 13.3. The number of hydrazine groups is 1. The van der Waals surface area contributed by atoms with Crippen molar-refractivity contribution in [2.45, 2.75) is 13.8 Å². The van der Waals surface area contributed by atoms with Crippen molar-refractivity contribution in [3.05, 3.63) is 65.1 Å². The number of furan rings is 1. The van der Waals surface area contributed by atoms with E-state index >= 15 is 0 Å². The minimum Gasteiger partial charge on any atom is -0.462 e. The van der Waals surface area contributed by atoms with Gasteiger partial charge in [-0.1, -0.05) is 17.7 Å². The lowest BCUT2D eigenvalue weighted by Crippen LogP contribution is -2.48. The van der Waals surface area contributed by atoms with Crippen LogP contribution in [0.2, 0.25) is 0 Å². The van der Waals surface area contributed by atoms with Gasteiger partial charge in [-0.25, -0.2) is 0 Å². The summed E-state index contributed by atoms with van der Waals surface area (Å²) in [7, 11) is 0. The number of thiocarbonyl (C=S) groups is 1. The third-order valence-electron chi connectivity index (χ3n) is 2.97. The molecule has 0 bridgehead atoms. The molecule has 0 atom stereocenters. The normalized spacial score (nSPS) is 10.4. The van der Waals surface area contributed by atoms with Gasteiger partial charge >= 0.3 is 0 Å². The van der Waals surface area contributed by atoms with Crippen LogP contribution in [0.5, 0.6) is 0 Å².